The van der Waals surface area contributed by atoms with Gasteiger partial charge in [0.15, 0.2) is 6.73 Å². The summed E-state index contributed by atoms with van der Waals surface area (Å²) in [6, 6.07) is 5.67. The molecule has 0 amide bonds. The van der Waals surface area contributed by atoms with Gasteiger partial charge in [0.25, 0.3) is 0 Å². The topological polar surface area (TPSA) is 27.1 Å². The minimum Gasteiger partial charge on any atom is -0.472 e. The molecule has 0 atom stereocenters. The first kappa shape index (κ1) is 10.2. The summed E-state index contributed by atoms with van der Waals surface area (Å²) < 4.78 is 7.87. The number of fused-ring (bicyclic) bond motifs is 5. The Labute approximate surface area is 110 Å². The summed E-state index contributed by atoms with van der Waals surface area (Å²) in [6.07, 6.45) is 6.38. The van der Waals surface area contributed by atoms with Crippen molar-refractivity contribution in [2.24, 2.45) is 0 Å². The zero-order chi connectivity index (χ0) is 12.1. The molecule has 1 aromatic heterocycles. The molecule has 0 fully saturated rings. The van der Waals surface area contributed by atoms with Crippen LogP contribution in [0.2, 0.25) is 5.02 Å². The largest absolute Gasteiger partial charge is 0.472 e. The molecule has 4 rings (SSSR count). The van der Waals surface area contributed by atoms with E-state index in [2.05, 4.69) is 16.7 Å². The number of rotatable bonds is 0. The summed E-state index contributed by atoms with van der Waals surface area (Å²) in [7, 11) is 0. The predicted molar refractivity (Wildman–Crippen MR) is 70.7 cm³/mol. The van der Waals surface area contributed by atoms with Crippen LogP contribution in [-0.2, 0) is 13.2 Å². The number of hydrogen-bond acceptors (Lipinski definition) is 2. The van der Waals surface area contributed by atoms with Crippen molar-refractivity contribution in [3.63, 3.8) is 0 Å². The molecule has 4 heteroatoms. The van der Waals surface area contributed by atoms with Crippen molar-refractivity contribution in [3.8, 4) is 17.1 Å². The van der Waals surface area contributed by atoms with Gasteiger partial charge in [-0.05, 0) is 37.1 Å². The van der Waals surface area contributed by atoms with Crippen molar-refractivity contribution >= 4 is 17.7 Å². The van der Waals surface area contributed by atoms with Gasteiger partial charge in [0, 0.05) is 5.02 Å². The first-order valence-corrected chi connectivity index (χ1v) is 6.39. The molecule has 90 valence electrons. The van der Waals surface area contributed by atoms with Crippen molar-refractivity contribution < 1.29 is 4.74 Å². The van der Waals surface area contributed by atoms with Crippen LogP contribution in [0.1, 0.15) is 17.8 Å². The van der Waals surface area contributed by atoms with E-state index in [9.17, 15) is 0 Å². The molecular formula is C14H11ClN2O. The van der Waals surface area contributed by atoms with E-state index < -0.39 is 0 Å². The maximum Gasteiger partial charge on any atom is 0.166 e. The lowest BCUT2D eigenvalue weighted by molar-refractivity contribution is 0.229. The van der Waals surface area contributed by atoms with E-state index in [-0.39, 0.29) is 0 Å². The maximum atomic E-state index is 6.06. The average Bonchev–Trinajstić information content (AvgIpc) is 2.78. The van der Waals surface area contributed by atoms with E-state index in [0.29, 0.717) is 11.8 Å². The molecule has 0 radical (unpaired) electrons. The van der Waals surface area contributed by atoms with Gasteiger partial charge in [0.05, 0.1) is 17.0 Å². The monoisotopic (exact) mass is 258 g/mol. The zero-order valence-corrected chi connectivity index (χ0v) is 10.4. The molecular weight excluding hydrogens is 248 g/mol. The average molecular weight is 259 g/mol. The fourth-order valence-corrected chi connectivity index (χ4v) is 2.75. The minimum absolute atomic E-state index is 0.524. The normalized spacial score (nSPS) is 15.6. The molecule has 0 saturated heterocycles. The second-order valence-corrected chi connectivity index (χ2v) is 4.99. The lowest BCUT2D eigenvalue weighted by Gasteiger charge is -2.20. The molecule has 2 heterocycles. The highest BCUT2D eigenvalue weighted by Crippen LogP contribution is 2.37. The zero-order valence-electron chi connectivity index (χ0n) is 9.69. The van der Waals surface area contributed by atoms with Crippen LogP contribution in [-0.4, -0.2) is 9.55 Å². The molecule has 0 spiro atoms. The summed E-state index contributed by atoms with van der Waals surface area (Å²) in [5.74, 6) is 1.83. The van der Waals surface area contributed by atoms with Gasteiger partial charge >= 0.3 is 0 Å². The Bertz CT molecular complexity index is 673. The summed E-state index contributed by atoms with van der Waals surface area (Å²) >= 11 is 6.06. The molecule has 1 aromatic carbocycles. The molecule has 0 N–H and O–H groups in total. The van der Waals surface area contributed by atoms with E-state index in [4.69, 9.17) is 21.3 Å². The van der Waals surface area contributed by atoms with Gasteiger partial charge in [-0.15, -0.1) is 0 Å². The fourth-order valence-electron chi connectivity index (χ4n) is 2.57. The molecule has 0 saturated carbocycles. The molecule has 18 heavy (non-hydrogen) atoms. The standard InChI is InChI=1S/C14H11ClN2O/c15-9-5-6-13-10(7-9)14-16-11-3-1-2-4-12(11)17(14)8-18-13/h2,4-7H,1,3,8H2. The van der Waals surface area contributed by atoms with E-state index in [1.54, 1.807) is 0 Å². The molecule has 0 unspecified atom stereocenters. The van der Waals surface area contributed by atoms with Crippen LogP contribution in [0, 0.1) is 0 Å². The van der Waals surface area contributed by atoms with Crippen LogP contribution < -0.4 is 4.74 Å². The molecule has 2 aliphatic rings. The van der Waals surface area contributed by atoms with Gasteiger partial charge in [0.1, 0.15) is 11.6 Å². The first-order chi connectivity index (χ1) is 8.83. The van der Waals surface area contributed by atoms with Crippen molar-refractivity contribution in [3.05, 3.63) is 40.7 Å². The number of hydrogen-bond donors (Lipinski definition) is 0. The van der Waals surface area contributed by atoms with Crippen molar-refractivity contribution in [2.75, 3.05) is 0 Å². The first-order valence-electron chi connectivity index (χ1n) is 6.01. The van der Waals surface area contributed by atoms with Crippen LogP contribution in [0.4, 0.5) is 0 Å². The van der Waals surface area contributed by atoms with Crippen LogP contribution in [0.25, 0.3) is 17.5 Å². The highest BCUT2D eigenvalue weighted by molar-refractivity contribution is 6.30. The maximum absolute atomic E-state index is 6.06. The second kappa shape index (κ2) is 3.62. The minimum atomic E-state index is 0.524. The summed E-state index contributed by atoms with van der Waals surface area (Å²) in [5.41, 5.74) is 3.31. The van der Waals surface area contributed by atoms with Crippen molar-refractivity contribution in [2.45, 2.75) is 19.6 Å². The predicted octanol–water partition coefficient (Wildman–Crippen LogP) is 3.51. The molecule has 2 aromatic rings. The number of aryl methyl sites for hydroxylation is 1. The Morgan fingerprint density at radius 3 is 3.22 bits per heavy atom. The van der Waals surface area contributed by atoms with Gasteiger partial charge in [0.2, 0.25) is 0 Å². The Morgan fingerprint density at radius 1 is 1.33 bits per heavy atom. The lowest BCUT2D eigenvalue weighted by atomic mass is 10.1. The third-order valence-electron chi connectivity index (χ3n) is 3.44. The van der Waals surface area contributed by atoms with E-state index in [1.807, 2.05) is 18.2 Å². The Morgan fingerprint density at radius 2 is 2.28 bits per heavy atom. The Hall–Kier alpha value is -1.74. The number of nitrogens with zero attached hydrogens (tertiary/aromatic N) is 2. The lowest BCUT2D eigenvalue weighted by Crippen LogP contribution is -2.14. The quantitative estimate of drug-likeness (QED) is 0.723. The fraction of sp³-hybridized carbons (Fsp3) is 0.214. The van der Waals surface area contributed by atoms with Gasteiger partial charge in [-0.3, -0.25) is 4.57 Å². The second-order valence-electron chi connectivity index (χ2n) is 4.55. The van der Waals surface area contributed by atoms with E-state index >= 15 is 0 Å². The van der Waals surface area contributed by atoms with Gasteiger partial charge < -0.3 is 4.74 Å². The van der Waals surface area contributed by atoms with Gasteiger partial charge in [-0.1, -0.05) is 17.7 Å². The highest BCUT2D eigenvalue weighted by Gasteiger charge is 2.24. The third-order valence-corrected chi connectivity index (χ3v) is 3.67. The number of imidazole rings is 1. The number of allylic oxidation sites excluding steroid dienone is 1. The van der Waals surface area contributed by atoms with Gasteiger partial charge in [-0.2, -0.15) is 0 Å². The summed E-state index contributed by atoms with van der Waals surface area (Å²) in [5, 5.41) is 0.710. The summed E-state index contributed by atoms with van der Waals surface area (Å²) in [6.45, 7) is 0.524. The van der Waals surface area contributed by atoms with Crippen molar-refractivity contribution in [1.29, 1.82) is 0 Å². The number of benzene rings is 1. The smallest absolute Gasteiger partial charge is 0.166 e. The SMILES string of the molecule is Clc1ccc2c(c1)-c1nc3c(n1CO2)C=CCC3. The van der Waals surface area contributed by atoms with E-state index in [0.717, 1.165) is 35.7 Å². The van der Waals surface area contributed by atoms with Gasteiger partial charge in [-0.25, -0.2) is 4.98 Å². The molecule has 3 nitrogen and oxygen atoms in total. The highest BCUT2D eigenvalue weighted by atomic mass is 35.5. The van der Waals surface area contributed by atoms with Crippen molar-refractivity contribution in [1.82, 2.24) is 9.55 Å². The molecule has 0 bridgehead atoms. The van der Waals surface area contributed by atoms with Crippen LogP contribution >= 0.6 is 11.6 Å². The van der Waals surface area contributed by atoms with Crippen LogP contribution in [0.3, 0.4) is 0 Å². The third kappa shape index (κ3) is 1.34. The molecule has 1 aliphatic carbocycles. The number of halogens is 1. The summed E-state index contributed by atoms with van der Waals surface area (Å²) in [4.78, 5) is 4.75. The Kier molecular flexibility index (Phi) is 2.06. The number of aromatic nitrogens is 2. The van der Waals surface area contributed by atoms with E-state index in [1.165, 1.54) is 5.69 Å². The Balaban J connectivity index is 1.99. The van der Waals surface area contributed by atoms with Crippen LogP contribution in [0.5, 0.6) is 5.75 Å². The number of ether oxygens (including phenoxy) is 1. The molecule has 1 aliphatic heterocycles. The van der Waals surface area contributed by atoms with Crippen LogP contribution in [0.15, 0.2) is 24.3 Å².